The summed E-state index contributed by atoms with van der Waals surface area (Å²) in [7, 11) is 0. The first-order chi connectivity index (χ1) is 12.5. The van der Waals surface area contributed by atoms with Crippen LogP contribution in [0.15, 0.2) is 18.2 Å². The smallest absolute Gasteiger partial charge is 0.317 e. The van der Waals surface area contributed by atoms with E-state index >= 15 is 0 Å². The molecule has 0 saturated carbocycles. The zero-order valence-corrected chi connectivity index (χ0v) is 15.5. The molecule has 2 fully saturated rings. The number of rotatable bonds is 5. The predicted molar refractivity (Wildman–Crippen MR) is 102 cm³/mol. The van der Waals surface area contributed by atoms with Gasteiger partial charge in [0.2, 0.25) is 5.91 Å². The minimum Gasteiger partial charge on any atom is -0.480 e. The quantitative estimate of drug-likeness (QED) is 0.717. The van der Waals surface area contributed by atoms with Crippen LogP contribution in [-0.2, 0) is 9.59 Å². The predicted octanol–water partition coefficient (Wildman–Crippen LogP) is 1.48. The highest BCUT2D eigenvalue weighted by Gasteiger charge is 2.26. The number of nitrogens with zero attached hydrogens (tertiary/aromatic N) is 2. The molecule has 0 unspecified atom stereocenters. The zero-order valence-electron chi connectivity index (χ0n) is 14.7. The van der Waals surface area contributed by atoms with E-state index in [1.165, 1.54) is 0 Å². The van der Waals surface area contributed by atoms with E-state index in [1.807, 2.05) is 17.0 Å². The van der Waals surface area contributed by atoms with Crippen LogP contribution in [0.4, 0.5) is 11.4 Å². The molecule has 2 saturated heterocycles. The normalized spacial score (nSPS) is 19.3. The molecule has 0 atom stereocenters. The first kappa shape index (κ1) is 18.9. The van der Waals surface area contributed by atoms with Crippen LogP contribution in [0.1, 0.15) is 12.8 Å². The Balaban J connectivity index is 1.54. The number of piperazine rings is 1. The highest BCUT2D eigenvalue weighted by molar-refractivity contribution is 6.33. The van der Waals surface area contributed by atoms with Crippen LogP contribution < -0.4 is 15.5 Å². The van der Waals surface area contributed by atoms with Crippen molar-refractivity contribution in [2.75, 3.05) is 56.0 Å². The SMILES string of the molecule is O=C(O)CN1CCC(C(=O)Nc2ccc(N3CCNCC3)c(Cl)c2)CC1. The maximum atomic E-state index is 12.5. The lowest BCUT2D eigenvalue weighted by atomic mass is 9.96. The highest BCUT2D eigenvalue weighted by atomic mass is 35.5. The van der Waals surface area contributed by atoms with Crippen LogP contribution >= 0.6 is 11.6 Å². The number of amides is 1. The van der Waals surface area contributed by atoms with Gasteiger partial charge in [-0.1, -0.05) is 11.6 Å². The number of piperidine rings is 1. The number of hydrogen-bond acceptors (Lipinski definition) is 5. The van der Waals surface area contributed by atoms with Crippen LogP contribution in [0.25, 0.3) is 0 Å². The summed E-state index contributed by atoms with van der Waals surface area (Å²) in [4.78, 5) is 27.3. The lowest BCUT2D eigenvalue weighted by Crippen LogP contribution is -2.43. The number of carbonyl (C=O) groups is 2. The van der Waals surface area contributed by atoms with E-state index in [4.69, 9.17) is 16.7 Å². The van der Waals surface area contributed by atoms with Gasteiger partial charge in [-0.05, 0) is 44.1 Å². The molecule has 3 rings (SSSR count). The van der Waals surface area contributed by atoms with Gasteiger partial charge in [0.25, 0.3) is 0 Å². The van der Waals surface area contributed by atoms with Crippen molar-refractivity contribution < 1.29 is 14.7 Å². The molecule has 1 aromatic carbocycles. The first-order valence-corrected chi connectivity index (χ1v) is 9.41. The Hall–Kier alpha value is -1.83. The second-order valence-corrected chi connectivity index (χ2v) is 7.24. The lowest BCUT2D eigenvalue weighted by Gasteiger charge is -2.31. The topological polar surface area (TPSA) is 84.9 Å². The summed E-state index contributed by atoms with van der Waals surface area (Å²) in [5, 5.41) is 15.7. The summed E-state index contributed by atoms with van der Waals surface area (Å²) < 4.78 is 0. The molecule has 26 heavy (non-hydrogen) atoms. The second kappa shape index (κ2) is 8.70. The summed E-state index contributed by atoms with van der Waals surface area (Å²) in [6, 6.07) is 5.65. The van der Waals surface area contributed by atoms with Crippen molar-refractivity contribution in [1.29, 1.82) is 0 Å². The number of anilines is 2. The average molecular weight is 381 g/mol. The Kier molecular flexibility index (Phi) is 6.34. The van der Waals surface area contributed by atoms with Gasteiger partial charge in [-0.25, -0.2) is 0 Å². The molecule has 0 aliphatic carbocycles. The molecule has 1 amide bonds. The van der Waals surface area contributed by atoms with Gasteiger partial charge in [-0.15, -0.1) is 0 Å². The monoisotopic (exact) mass is 380 g/mol. The van der Waals surface area contributed by atoms with Crippen molar-refractivity contribution in [2.45, 2.75) is 12.8 Å². The summed E-state index contributed by atoms with van der Waals surface area (Å²) >= 11 is 6.42. The molecule has 0 radical (unpaired) electrons. The Morgan fingerprint density at radius 1 is 1.19 bits per heavy atom. The molecule has 0 aromatic heterocycles. The first-order valence-electron chi connectivity index (χ1n) is 9.03. The fourth-order valence-electron chi connectivity index (χ4n) is 3.54. The third kappa shape index (κ3) is 4.87. The van der Waals surface area contributed by atoms with Gasteiger partial charge < -0.3 is 20.6 Å². The third-order valence-corrected chi connectivity index (χ3v) is 5.29. The van der Waals surface area contributed by atoms with E-state index in [0.29, 0.717) is 36.6 Å². The number of halogens is 1. The van der Waals surface area contributed by atoms with Gasteiger partial charge in [-0.3, -0.25) is 14.5 Å². The molecule has 142 valence electrons. The van der Waals surface area contributed by atoms with E-state index in [1.54, 1.807) is 6.07 Å². The molecule has 8 heteroatoms. The number of carbonyl (C=O) groups excluding carboxylic acids is 1. The number of aliphatic carboxylic acids is 1. The molecule has 1 aromatic rings. The number of hydrogen-bond donors (Lipinski definition) is 3. The third-order valence-electron chi connectivity index (χ3n) is 4.99. The number of carboxylic acids is 1. The van der Waals surface area contributed by atoms with Crippen molar-refractivity contribution in [3.63, 3.8) is 0 Å². The number of benzene rings is 1. The summed E-state index contributed by atoms with van der Waals surface area (Å²) in [5.74, 6) is -0.940. The number of carboxylic acid groups (broad SMARTS) is 1. The van der Waals surface area contributed by atoms with Crippen LogP contribution in [0.5, 0.6) is 0 Å². The standard InChI is InChI=1S/C18H25ClN4O3/c19-15-11-14(1-2-16(15)23-9-5-20-6-10-23)21-18(26)13-3-7-22(8-4-13)12-17(24)25/h1-2,11,13,20H,3-10,12H2,(H,21,26)(H,24,25). The van der Waals surface area contributed by atoms with Gasteiger partial charge >= 0.3 is 5.97 Å². The Morgan fingerprint density at radius 2 is 1.88 bits per heavy atom. The molecule has 2 aliphatic rings. The average Bonchev–Trinajstić information content (AvgIpc) is 2.62. The van der Waals surface area contributed by atoms with E-state index in [-0.39, 0.29) is 18.4 Å². The molecule has 0 spiro atoms. The highest BCUT2D eigenvalue weighted by Crippen LogP contribution is 2.29. The van der Waals surface area contributed by atoms with Gasteiger partial charge in [-0.2, -0.15) is 0 Å². The maximum absolute atomic E-state index is 12.5. The van der Waals surface area contributed by atoms with Crippen LogP contribution in [0.3, 0.4) is 0 Å². The van der Waals surface area contributed by atoms with E-state index < -0.39 is 5.97 Å². The van der Waals surface area contributed by atoms with Crippen LogP contribution in [0, 0.1) is 5.92 Å². The molecular formula is C18H25ClN4O3. The Morgan fingerprint density at radius 3 is 2.50 bits per heavy atom. The van der Waals surface area contributed by atoms with Crippen LogP contribution in [0.2, 0.25) is 5.02 Å². The fourth-order valence-corrected chi connectivity index (χ4v) is 3.84. The minimum absolute atomic E-state index is 0.0223. The second-order valence-electron chi connectivity index (χ2n) is 6.84. The molecule has 0 bridgehead atoms. The fraction of sp³-hybridized carbons (Fsp3) is 0.556. The molecule has 7 nitrogen and oxygen atoms in total. The van der Waals surface area contributed by atoms with Crippen LogP contribution in [-0.4, -0.2) is 67.7 Å². The van der Waals surface area contributed by atoms with Gasteiger partial charge in [0.15, 0.2) is 0 Å². The number of nitrogens with one attached hydrogen (secondary N) is 2. The van der Waals surface area contributed by atoms with E-state index in [2.05, 4.69) is 15.5 Å². The Labute approximate surface area is 158 Å². The molecular weight excluding hydrogens is 356 g/mol. The van der Waals surface area contributed by atoms with Crippen molar-refractivity contribution in [1.82, 2.24) is 10.2 Å². The van der Waals surface area contributed by atoms with Gasteiger partial charge in [0.1, 0.15) is 0 Å². The lowest BCUT2D eigenvalue weighted by molar-refractivity contribution is -0.138. The maximum Gasteiger partial charge on any atom is 0.317 e. The van der Waals surface area contributed by atoms with Crippen molar-refractivity contribution in [2.24, 2.45) is 5.92 Å². The Bertz CT molecular complexity index is 656. The molecule has 3 N–H and O–H groups in total. The zero-order chi connectivity index (χ0) is 18.5. The number of likely N-dealkylation sites (tertiary alicyclic amines) is 1. The van der Waals surface area contributed by atoms with E-state index in [0.717, 1.165) is 31.9 Å². The van der Waals surface area contributed by atoms with Gasteiger partial charge in [0, 0.05) is 37.8 Å². The van der Waals surface area contributed by atoms with Crippen molar-refractivity contribution >= 4 is 34.9 Å². The van der Waals surface area contributed by atoms with Gasteiger partial charge in [0.05, 0.1) is 17.3 Å². The molecule has 2 aliphatic heterocycles. The van der Waals surface area contributed by atoms with E-state index in [9.17, 15) is 9.59 Å². The minimum atomic E-state index is -0.827. The summed E-state index contributed by atoms with van der Waals surface area (Å²) in [6.07, 6.45) is 1.34. The largest absolute Gasteiger partial charge is 0.480 e. The van der Waals surface area contributed by atoms with Crippen molar-refractivity contribution in [3.8, 4) is 0 Å². The van der Waals surface area contributed by atoms with Crippen molar-refractivity contribution in [3.05, 3.63) is 23.2 Å². The molecule has 2 heterocycles. The summed E-state index contributed by atoms with van der Waals surface area (Å²) in [6.45, 7) is 5.02. The summed E-state index contributed by atoms with van der Waals surface area (Å²) in [5.41, 5.74) is 1.69.